The highest BCUT2D eigenvalue weighted by Crippen LogP contribution is 2.28. The van der Waals surface area contributed by atoms with Crippen molar-refractivity contribution < 1.29 is 0 Å². The van der Waals surface area contributed by atoms with Crippen LogP contribution in [0.5, 0.6) is 0 Å². The fraction of sp³-hybridized carbons (Fsp3) is 0.647. The van der Waals surface area contributed by atoms with Crippen molar-refractivity contribution in [3.05, 3.63) is 33.3 Å². The maximum atomic E-state index is 6.39. The van der Waals surface area contributed by atoms with Crippen LogP contribution in [0.1, 0.15) is 39.7 Å². The molecule has 1 aromatic rings. The minimum Gasteiger partial charge on any atom is -0.311 e. The van der Waals surface area contributed by atoms with Crippen LogP contribution >= 0.6 is 27.5 Å². The minimum absolute atomic E-state index is 0.278. The summed E-state index contributed by atoms with van der Waals surface area (Å²) >= 11 is 9.87. The van der Waals surface area contributed by atoms with E-state index in [9.17, 15) is 0 Å². The van der Waals surface area contributed by atoms with Crippen molar-refractivity contribution in [3.63, 3.8) is 0 Å². The van der Waals surface area contributed by atoms with E-state index in [1.807, 2.05) is 6.07 Å². The first-order valence-electron chi connectivity index (χ1n) is 7.72. The van der Waals surface area contributed by atoms with E-state index in [4.69, 9.17) is 11.6 Å². The third kappa shape index (κ3) is 4.44. The second kappa shape index (κ2) is 6.99. The molecule has 2 unspecified atom stereocenters. The summed E-state index contributed by atoms with van der Waals surface area (Å²) in [6.07, 6.45) is 1.16. The van der Waals surface area contributed by atoms with Crippen LogP contribution in [0.4, 0.5) is 0 Å². The highest BCUT2D eigenvalue weighted by atomic mass is 79.9. The Kier molecular flexibility index (Phi) is 5.75. The van der Waals surface area contributed by atoms with Gasteiger partial charge in [0.15, 0.2) is 0 Å². The Balaban J connectivity index is 2.14. The second-order valence-electron chi connectivity index (χ2n) is 7.05. The fourth-order valence-electron chi connectivity index (χ4n) is 2.90. The number of benzene rings is 1. The van der Waals surface area contributed by atoms with E-state index >= 15 is 0 Å². The first kappa shape index (κ1) is 17.3. The SMILES string of the molecule is CCC1CNC(C(C)(C)C)CN1Cc1ccc(Br)cc1Cl. The van der Waals surface area contributed by atoms with Gasteiger partial charge in [-0.15, -0.1) is 0 Å². The Morgan fingerprint density at radius 2 is 2.10 bits per heavy atom. The van der Waals surface area contributed by atoms with Gasteiger partial charge in [-0.25, -0.2) is 0 Å². The smallest absolute Gasteiger partial charge is 0.0462 e. The lowest BCUT2D eigenvalue weighted by Crippen LogP contribution is -2.59. The average Bonchev–Trinajstić information content (AvgIpc) is 2.41. The molecule has 1 aliphatic heterocycles. The van der Waals surface area contributed by atoms with Crippen molar-refractivity contribution in [1.82, 2.24) is 10.2 Å². The molecule has 1 fully saturated rings. The lowest BCUT2D eigenvalue weighted by Gasteiger charge is -2.45. The van der Waals surface area contributed by atoms with Crippen LogP contribution in [0.25, 0.3) is 0 Å². The van der Waals surface area contributed by atoms with Gasteiger partial charge in [0.2, 0.25) is 0 Å². The molecule has 0 spiro atoms. The van der Waals surface area contributed by atoms with Crippen molar-refractivity contribution >= 4 is 27.5 Å². The molecule has 0 bridgehead atoms. The third-order valence-electron chi connectivity index (χ3n) is 4.44. The van der Waals surface area contributed by atoms with Gasteiger partial charge in [-0.05, 0) is 29.5 Å². The number of nitrogens with zero attached hydrogens (tertiary/aromatic N) is 1. The van der Waals surface area contributed by atoms with Gasteiger partial charge in [-0.3, -0.25) is 4.90 Å². The summed E-state index contributed by atoms with van der Waals surface area (Å²) in [6, 6.07) is 7.30. The summed E-state index contributed by atoms with van der Waals surface area (Å²) in [5.74, 6) is 0. The van der Waals surface area contributed by atoms with E-state index < -0.39 is 0 Å². The first-order chi connectivity index (χ1) is 9.81. The van der Waals surface area contributed by atoms with E-state index in [0.717, 1.165) is 35.6 Å². The molecule has 0 aromatic heterocycles. The molecule has 1 aliphatic rings. The van der Waals surface area contributed by atoms with E-state index in [1.165, 1.54) is 5.56 Å². The average molecular weight is 374 g/mol. The summed E-state index contributed by atoms with van der Waals surface area (Å²) in [6.45, 7) is 12.3. The van der Waals surface area contributed by atoms with Gasteiger partial charge in [0.25, 0.3) is 0 Å². The van der Waals surface area contributed by atoms with E-state index in [2.05, 4.69) is 66.0 Å². The molecule has 0 aliphatic carbocycles. The number of rotatable bonds is 3. The molecule has 1 aromatic carbocycles. The molecule has 1 N–H and O–H groups in total. The number of nitrogens with one attached hydrogen (secondary N) is 1. The first-order valence-corrected chi connectivity index (χ1v) is 8.89. The molecule has 118 valence electrons. The molecule has 4 heteroatoms. The molecule has 2 atom stereocenters. The van der Waals surface area contributed by atoms with Crippen LogP contribution < -0.4 is 5.32 Å². The molecule has 2 rings (SSSR count). The molecule has 21 heavy (non-hydrogen) atoms. The molecule has 2 nitrogen and oxygen atoms in total. The van der Waals surface area contributed by atoms with Gasteiger partial charge >= 0.3 is 0 Å². The Morgan fingerprint density at radius 1 is 1.38 bits per heavy atom. The number of piperazine rings is 1. The standard InChI is InChI=1S/C17H26BrClN2/c1-5-14-9-20-16(17(2,3)4)11-21(14)10-12-6-7-13(18)8-15(12)19/h6-8,14,16,20H,5,9-11H2,1-4H3. The Bertz CT molecular complexity index is 484. The van der Waals surface area contributed by atoms with Crippen LogP contribution in [0.15, 0.2) is 22.7 Å². The Morgan fingerprint density at radius 3 is 2.67 bits per heavy atom. The summed E-state index contributed by atoms with van der Waals surface area (Å²) in [5, 5.41) is 4.57. The summed E-state index contributed by atoms with van der Waals surface area (Å²) in [4.78, 5) is 2.58. The predicted octanol–water partition coefficient (Wildman–Crippen LogP) is 4.70. The van der Waals surface area contributed by atoms with Gasteiger partial charge in [-0.2, -0.15) is 0 Å². The molecule has 0 saturated carbocycles. The van der Waals surface area contributed by atoms with Gasteiger partial charge in [0.1, 0.15) is 0 Å². The molecule has 0 radical (unpaired) electrons. The van der Waals surface area contributed by atoms with Crippen LogP contribution in [-0.4, -0.2) is 30.1 Å². The molecule has 1 saturated heterocycles. The van der Waals surface area contributed by atoms with Gasteiger partial charge in [-0.1, -0.05) is 61.3 Å². The van der Waals surface area contributed by atoms with E-state index in [0.29, 0.717) is 12.1 Å². The zero-order valence-corrected chi connectivity index (χ0v) is 15.8. The summed E-state index contributed by atoms with van der Waals surface area (Å²) in [7, 11) is 0. The Hall–Kier alpha value is -0.0900. The maximum Gasteiger partial charge on any atom is 0.0462 e. The molecular weight excluding hydrogens is 348 g/mol. The third-order valence-corrected chi connectivity index (χ3v) is 5.28. The fourth-order valence-corrected chi connectivity index (χ4v) is 3.63. The van der Waals surface area contributed by atoms with Gasteiger partial charge < -0.3 is 5.32 Å². The number of hydrogen-bond acceptors (Lipinski definition) is 2. The van der Waals surface area contributed by atoms with Crippen molar-refractivity contribution in [2.45, 2.75) is 52.7 Å². The minimum atomic E-state index is 0.278. The lowest BCUT2D eigenvalue weighted by molar-refractivity contribution is 0.0775. The van der Waals surface area contributed by atoms with Gasteiger partial charge in [0, 0.05) is 41.2 Å². The van der Waals surface area contributed by atoms with Crippen molar-refractivity contribution in [3.8, 4) is 0 Å². The Labute approximate surface area is 142 Å². The second-order valence-corrected chi connectivity index (χ2v) is 8.38. The molecule has 1 heterocycles. The normalized spacial score (nSPS) is 24.3. The topological polar surface area (TPSA) is 15.3 Å². The zero-order valence-electron chi connectivity index (χ0n) is 13.4. The van der Waals surface area contributed by atoms with Crippen molar-refractivity contribution in [2.75, 3.05) is 13.1 Å². The highest BCUT2D eigenvalue weighted by molar-refractivity contribution is 9.10. The highest BCUT2D eigenvalue weighted by Gasteiger charge is 2.33. The van der Waals surface area contributed by atoms with Crippen molar-refractivity contribution in [2.24, 2.45) is 5.41 Å². The predicted molar refractivity (Wildman–Crippen MR) is 94.9 cm³/mol. The van der Waals surface area contributed by atoms with Crippen LogP contribution in [0.3, 0.4) is 0 Å². The summed E-state index contributed by atoms with van der Waals surface area (Å²) < 4.78 is 1.04. The van der Waals surface area contributed by atoms with Crippen LogP contribution in [0.2, 0.25) is 5.02 Å². The quantitative estimate of drug-likeness (QED) is 0.826. The number of hydrogen-bond donors (Lipinski definition) is 1. The number of halogens is 2. The molecule has 0 amide bonds. The maximum absolute atomic E-state index is 6.39. The van der Waals surface area contributed by atoms with E-state index in [-0.39, 0.29) is 5.41 Å². The lowest BCUT2D eigenvalue weighted by atomic mass is 9.84. The van der Waals surface area contributed by atoms with Gasteiger partial charge in [0.05, 0.1) is 0 Å². The monoisotopic (exact) mass is 372 g/mol. The van der Waals surface area contributed by atoms with E-state index in [1.54, 1.807) is 0 Å². The van der Waals surface area contributed by atoms with Crippen LogP contribution in [0, 0.1) is 5.41 Å². The summed E-state index contributed by atoms with van der Waals surface area (Å²) in [5.41, 5.74) is 1.49. The zero-order chi connectivity index (χ0) is 15.6. The largest absolute Gasteiger partial charge is 0.311 e. The molecular formula is C17H26BrClN2. The van der Waals surface area contributed by atoms with Crippen LogP contribution in [-0.2, 0) is 6.54 Å². The van der Waals surface area contributed by atoms with Crippen molar-refractivity contribution in [1.29, 1.82) is 0 Å².